The molecule has 5 heterocycles. The Labute approximate surface area is 268 Å². The Balaban J connectivity index is 1.40. The number of hydrogen-bond acceptors (Lipinski definition) is 10. The van der Waals surface area contributed by atoms with Crippen LogP contribution in [0, 0.1) is 39.8 Å². The van der Waals surface area contributed by atoms with Crippen LogP contribution in [-0.4, -0.2) is 73.2 Å². The van der Waals surface area contributed by atoms with E-state index in [1.165, 1.54) is 11.3 Å². The van der Waals surface area contributed by atoms with E-state index in [0.29, 0.717) is 64.5 Å². The van der Waals surface area contributed by atoms with Gasteiger partial charge in [0.1, 0.15) is 22.4 Å². The van der Waals surface area contributed by atoms with Crippen LogP contribution in [0.25, 0.3) is 32.1 Å². The summed E-state index contributed by atoms with van der Waals surface area (Å²) in [5, 5.41) is 24.9. The molecule has 7 rings (SSSR count). The SMILES string of the molecule is CN1CC[C@H](C(F)F)[C@](C)(COc2nc(N3C[C@H]4CC[C@@H](C3)N4)c3cc(C#N)c(-c4cccc5sc(N)c(C#N)c45)c(F)c3n2)C1. The maximum atomic E-state index is 17.0. The summed E-state index contributed by atoms with van der Waals surface area (Å²) in [6.07, 6.45) is -0.167. The number of fused-ring (bicyclic) bond motifs is 4. The summed E-state index contributed by atoms with van der Waals surface area (Å²) < 4.78 is 52.1. The fraction of sp³-hybridized carbons (Fsp3) is 0.455. The number of likely N-dealkylation sites (tertiary alicyclic amines) is 1. The largest absolute Gasteiger partial charge is 0.463 e. The third kappa shape index (κ3) is 5.07. The van der Waals surface area contributed by atoms with Gasteiger partial charge in [-0.05, 0) is 50.6 Å². The minimum Gasteiger partial charge on any atom is -0.463 e. The number of nitriles is 2. The number of nitrogens with zero attached hydrogens (tertiary/aromatic N) is 6. The lowest BCUT2D eigenvalue weighted by Crippen LogP contribution is -2.51. The van der Waals surface area contributed by atoms with Crippen LogP contribution < -0.4 is 20.7 Å². The van der Waals surface area contributed by atoms with Crippen molar-refractivity contribution in [1.82, 2.24) is 20.2 Å². The van der Waals surface area contributed by atoms with Crippen molar-refractivity contribution in [3.8, 4) is 29.3 Å². The van der Waals surface area contributed by atoms with Crippen molar-refractivity contribution in [2.24, 2.45) is 11.3 Å². The Hall–Kier alpha value is -4.17. The quantitative estimate of drug-likeness (QED) is 0.279. The predicted molar refractivity (Wildman–Crippen MR) is 172 cm³/mol. The van der Waals surface area contributed by atoms with Crippen molar-refractivity contribution >= 4 is 43.1 Å². The molecule has 3 aliphatic rings. The molecule has 0 amide bonds. The molecule has 46 heavy (non-hydrogen) atoms. The topological polar surface area (TPSA) is 127 Å². The number of piperazine rings is 1. The van der Waals surface area contributed by atoms with Crippen molar-refractivity contribution < 1.29 is 17.9 Å². The van der Waals surface area contributed by atoms with E-state index in [9.17, 15) is 19.3 Å². The average molecular weight is 647 g/mol. The number of halogens is 3. The smallest absolute Gasteiger partial charge is 0.319 e. The van der Waals surface area contributed by atoms with Gasteiger partial charge in [0.2, 0.25) is 6.43 Å². The molecule has 238 valence electrons. The first kappa shape index (κ1) is 30.5. The minimum atomic E-state index is -2.51. The molecule has 13 heteroatoms. The predicted octanol–water partition coefficient (Wildman–Crippen LogP) is 5.52. The average Bonchev–Trinajstić information content (AvgIpc) is 3.55. The second-order valence-electron chi connectivity index (χ2n) is 13.0. The van der Waals surface area contributed by atoms with Gasteiger partial charge in [-0.25, -0.2) is 13.2 Å². The molecule has 2 bridgehead atoms. The Bertz CT molecular complexity index is 1920. The van der Waals surface area contributed by atoms with E-state index >= 15 is 4.39 Å². The van der Waals surface area contributed by atoms with E-state index in [1.54, 1.807) is 31.2 Å². The van der Waals surface area contributed by atoms with E-state index in [4.69, 9.17) is 15.5 Å². The van der Waals surface area contributed by atoms with Gasteiger partial charge >= 0.3 is 6.01 Å². The van der Waals surface area contributed by atoms with Crippen LogP contribution in [0.1, 0.15) is 37.3 Å². The molecule has 2 aromatic heterocycles. The summed E-state index contributed by atoms with van der Waals surface area (Å²) in [5.74, 6) is -1.19. The van der Waals surface area contributed by atoms with Crippen molar-refractivity contribution in [3.05, 3.63) is 41.2 Å². The zero-order valence-electron chi connectivity index (χ0n) is 25.5. The van der Waals surface area contributed by atoms with E-state index < -0.39 is 23.6 Å². The van der Waals surface area contributed by atoms with Gasteiger partial charge in [-0.1, -0.05) is 19.1 Å². The molecule has 3 fully saturated rings. The highest BCUT2D eigenvalue weighted by Crippen LogP contribution is 2.44. The number of benzene rings is 2. The van der Waals surface area contributed by atoms with Gasteiger partial charge in [0, 0.05) is 64.1 Å². The molecule has 4 atom stereocenters. The van der Waals surface area contributed by atoms with Crippen LogP contribution in [0.3, 0.4) is 0 Å². The number of aromatic nitrogens is 2. The van der Waals surface area contributed by atoms with Crippen LogP contribution >= 0.6 is 11.3 Å². The lowest BCUT2D eigenvalue weighted by molar-refractivity contribution is -0.0679. The van der Waals surface area contributed by atoms with Crippen molar-refractivity contribution in [2.45, 2.75) is 44.7 Å². The monoisotopic (exact) mass is 646 g/mol. The van der Waals surface area contributed by atoms with E-state index in [1.807, 2.05) is 11.9 Å². The molecule has 3 N–H and O–H groups in total. The molecular formula is C33H33F3N8OS. The molecule has 0 saturated carbocycles. The summed E-state index contributed by atoms with van der Waals surface area (Å²) in [4.78, 5) is 13.4. The van der Waals surface area contributed by atoms with Crippen LogP contribution in [-0.2, 0) is 0 Å². The summed E-state index contributed by atoms with van der Waals surface area (Å²) >= 11 is 1.22. The number of ether oxygens (including phenoxy) is 1. The number of piperidine rings is 1. The molecule has 0 radical (unpaired) electrons. The Morgan fingerprint density at radius 2 is 1.93 bits per heavy atom. The molecule has 4 aromatic rings. The Kier molecular flexibility index (Phi) is 7.67. The van der Waals surface area contributed by atoms with Crippen molar-refractivity contribution in [2.75, 3.05) is 50.5 Å². The summed E-state index contributed by atoms with van der Waals surface area (Å²) in [5.41, 5.74) is 5.87. The summed E-state index contributed by atoms with van der Waals surface area (Å²) in [6.45, 7) is 3.94. The number of nitrogen functional groups attached to an aromatic ring is 1. The highest BCUT2D eigenvalue weighted by Gasteiger charge is 2.44. The standard InChI is InChI=1S/C33H33F3N8OS/c1-33(15-43(2)9-8-23(33)29(35)36)16-45-32-41-28-21(31(42-32)44-13-18-6-7-19(14-44)40-18)10-17(11-37)25(27(28)34)20-4-3-5-24-26(20)22(12-38)30(39)46-24/h3-5,10,18-19,23,29,40H,6-9,13-16,39H2,1-2H3/t18-,19+,23-,33+/m1/s1. The molecule has 2 aromatic carbocycles. The lowest BCUT2D eigenvalue weighted by atomic mass is 9.73. The van der Waals surface area contributed by atoms with E-state index in [2.05, 4.69) is 27.3 Å². The van der Waals surface area contributed by atoms with Gasteiger partial charge in [-0.3, -0.25) is 0 Å². The lowest BCUT2D eigenvalue weighted by Gasteiger charge is -2.44. The van der Waals surface area contributed by atoms with Gasteiger partial charge in [0.15, 0.2) is 5.82 Å². The molecule has 3 aliphatic heterocycles. The maximum Gasteiger partial charge on any atom is 0.319 e. The number of hydrogen-bond donors (Lipinski definition) is 2. The zero-order chi connectivity index (χ0) is 32.3. The van der Waals surface area contributed by atoms with Crippen molar-refractivity contribution in [3.63, 3.8) is 0 Å². The number of anilines is 2. The first-order chi connectivity index (χ1) is 22.1. The highest BCUT2D eigenvalue weighted by molar-refractivity contribution is 7.23. The summed E-state index contributed by atoms with van der Waals surface area (Å²) in [6, 6.07) is 11.5. The van der Waals surface area contributed by atoms with Gasteiger partial charge in [0.25, 0.3) is 0 Å². The van der Waals surface area contributed by atoms with Gasteiger partial charge in [-0.2, -0.15) is 20.5 Å². The molecule has 0 unspecified atom stereocenters. The van der Waals surface area contributed by atoms with Crippen LogP contribution in [0.2, 0.25) is 0 Å². The number of alkyl halides is 2. The molecular weight excluding hydrogens is 613 g/mol. The number of nitrogens with two attached hydrogens (primary N) is 1. The number of thiophene rings is 1. The van der Waals surface area contributed by atoms with Crippen molar-refractivity contribution in [1.29, 1.82) is 10.5 Å². The zero-order valence-corrected chi connectivity index (χ0v) is 26.3. The van der Waals surface area contributed by atoms with Gasteiger partial charge in [-0.15, -0.1) is 11.3 Å². The minimum absolute atomic E-state index is 0.00418. The molecule has 0 spiro atoms. The Morgan fingerprint density at radius 3 is 2.63 bits per heavy atom. The third-order valence-corrected chi connectivity index (χ3v) is 10.8. The number of rotatable bonds is 6. The van der Waals surface area contributed by atoms with Gasteiger partial charge < -0.3 is 25.6 Å². The first-order valence-corrected chi connectivity index (χ1v) is 16.2. The maximum absolute atomic E-state index is 17.0. The highest BCUT2D eigenvalue weighted by atomic mass is 32.1. The van der Waals surface area contributed by atoms with Crippen LogP contribution in [0.4, 0.5) is 24.0 Å². The van der Waals surface area contributed by atoms with Crippen LogP contribution in [0.5, 0.6) is 6.01 Å². The first-order valence-electron chi connectivity index (χ1n) is 15.4. The van der Waals surface area contributed by atoms with E-state index in [0.717, 1.165) is 12.8 Å². The fourth-order valence-corrected chi connectivity index (χ4v) is 8.58. The third-order valence-electron chi connectivity index (χ3n) is 9.83. The van der Waals surface area contributed by atoms with Gasteiger partial charge in [0.05, 0.1) is 23.8 Å². The molecule has 3 saturated heterocycles. The molecule has 0 aliphatic carbocycles. The second-order valence-corrected chi connectivity index (χ2v) is 14.1. The van der Waals surface area contributed by atoms with E-state index in [-0.39, 0.29) is 46.9 Å². The Morgan fingerprint density at radius 1 is 1.17 bits per heavy atom. The second kappa shape index (κ2) is 11.6. The number of nitrogens with one attached hydrogen (secondary N) is 1. The fourth-order valence-electron chi connectivity index (χ4n) is 7.64. The molecule has 9 nitrogen and oxygen atoms in total. The van der Waals surface area contributed by atoms with Crippen LogP contribution in [0.15, 0.2) is 24.3 Å². The normalized spacial score (nSPS) is 24.9. The summed E-state index contributed by atoms with van der Waals surface area (Å²) in [7, 11) is 1.90.